The largest absolute Gasteiger partial charge is 0.360 e. The SMILES string of the molecule is Cc1cc(NC(=O)[C@H](C)Sc2nc(C)c(C)c(C)n2)no1. The van der Waals surface area contributed by atoms with Crippen molar-refractivity contribution in [1.29, 1.82) is 0 Å². The van der Waals surface area contributed by atoms with Gasteiger partial charge in [-0.1, -0.05) is 16.9 Å². The molecule has 2 aromatic rings. The van der Waals surface area contributed by atoms with Crippen molar-refractivity contribution in [1.82, 2.24) is 15.1 Å². The summed E-state index contributed by atoms with van der Waals surface area (Å²) in [6.07, 6.45) is 0. The molecule has 112 valence electrons. The molecule has 0 spiro atoms. The van der Waals surface area contributed by atoms with Crippen molar-refractivity contribution in [3.05, 3.63) is 28.8 Å². The summed E-state index contributed by atoms with van der Waals surface area (Å²) in [4.78, 5) is 20.9. The molecule has 1 amide bonds. The fraction of sp³-hybridized carbons (Fsp3) is 0.429. The van der Waals surface area contributed by atoms with Gasteiger partial charge in [0.15, 0.2) is 11.0 Å². The zero-order valence-electron chi connectivity index (χ0n) is 12.7. The number of hydrogen-bond donors (Lipinski definition) is 1. The Labute approximate surface area is 127 Å². The number of rotatable bonds is 4. The third-order valence-electron chi connectivity index (χ3n) is 3.14. The summed E-state index contributed by atoms with van der Waals surface area (Å²) in [5.41, 5.74) is 2.95. The average molecular weight is 306 g/mol. The summed E-state index contributed by atoms with van der Waals surface area (Å²) in [5, 5.41) is 6.72. The molecular formula is C14H18N4O2S. The van der Waals surface area contributed by atoms with Gasteiger partial charge >= 0.3 is 0 Å². The topological polar surface area (TPSA) is 80.9 Å². The van der Waals surface area contributed by atoms with Crippen molar-refractivity contribution < 1.29 is 9.32 Å². The quantitative estimate of drug-likeness (QED) is 0.691. The van der Waals surface area contributed by atoms with Gasteiger partial charge in [-0.3, -0.25) is 4.79 Å². The monoisotopic (exact) mass is 306 g/mol. The third-order valence-corrected chi connectivity index (χ3v) is 4.10. The highest BCUT2D eigenvalue weighted by Gasteiger charge is 2.18. The number of nitrogens with zero attached hydrogens (tertiary/aromatic N) is 3. The number of anilines is 1. The van der Waals surface area contributed by atoms with Gasteiger partial charge in [0.25, 0.3) is 0 Å². The molecule has 0 fully saturated rings. The number of carbonyl (C=O) groups excluding carboxylic acids is 1. The van der Waals surface area contributed by atoms with Gasteiger partial charge in [0.05, 0.1) is 5.25 Å². The standard InChI is InChI=1S/C14H18N4O2S/c1-7-6-12(18-20-7)17-13(19)11(5)21-14-15-9(3)8(2)10(4)16-14/h6,11H,1-5H3,(H,17,18,19)/t11-/m0/s1. The molecule has 0 aliphatic carbocycles. The highest BCUT2D eigenvalue weighted by molar-refractivity contribution is 8.00. The number of hydrogen-bond acceptors (Lipinski definition) is 6. The second kappa shape index (κ2) is 6.26. The summed E-state index contributed by atoms with van der Waals surface area (Å²) in [5.74, 6) is 0.911. The van der Waals surface area contributed by atoms with Crippen LogP contribution in [0.4, 0.5) is 5.82 Å². The fourth-order valence-corrected chi connectivity index (χ4v) is 2.52. The third kappa shape index (κ3) is 3.81. The number of carbonyl (C=O) groups is 1. The first-order valence-electron chi connectivity index (χ1n) is 6.59. The van der Waals surface area contributed by atoms with E-state index in [0.29, 0.717) is 16.7 Å². The van der Waals surface area contributed by atoms with Crippen LogP contribution in [0.25, 0.3) is 0 Å². The molecule has 1 N–H and O–H groups in total. The van der Waals surface area contributed by atoms with Gasteiger partial charge in [0.1, 0.15) is 5.76 Å². The molecular weight excluding hydrogens is 288 g/mol. The smallest absolute Gasteiger partial charge is 0.238 e. The maximum atomic E-state index is 12.1. The molecule has 0 aliphatic rings. The number of amides is 1. The molecule has 7 heteroatoms. The van der Waals surface area contributed by atoms with Gasteiger partial charge in [-0.15, -0.1) is 0 Å². The first-order chi connectivity index (χ1) is 9.86. The van der Waals surface area contributed by atoms with Crippen LogP contribution in [0, 0.1) is 27.7 Å². The van der Waals surface area contributed by atoms with Gasteiger partial charge < -0.3 is 9.84 Å². The second-order valence-corrected chi connectivity index (χ2v) is 6.18. The van der Waals surface area contributed by atoms with Crippen molar-refractivity contribution in [2.24, 2.45) is 0 Å². The number of aromatic nitrogens is 3. The predicted octanol–water partition coefficient (Wildman–Crippen LogP) is 2.82. The minimum atomic E-state index is -0.330. The molecule has 1 atom stereocenters. The van der Waals surface area contributed by atoms with E-state index in [2.05, 4.69) is 20.4 Å². The Balaban J connectivity index is 2.03. The van der Waals surface area contributed by atoms with Gasteiger partial charge in [-0.05, 0) is 40.2 Å². The maximum absolute atomic E-state index is 12.1. The Bertz CT molecular complexity index is 646. The Morgan fingerprint density at radius 1 is 1.24 bits per heavy atom. The Morgan fingerprint density at radius 3 is 2.38 bits per heavy atom. The highest BCUT2D eigenvalue weighted by atomic mass is 32.2. The van der Waals surface area contributed by atoms with Gasteiger partial charge in [-0.2, -0.15) is 0 Å². The summed E-state index contributed by atoms with van der Waals surface area (Å²) < 4.78 is 4.91. The van der Waals surface area contributed by atoms with Crippen LogP contribution in [-0.4, -0.2) is 26.3 Å². The van der Waals surface area contributed by atoms with Crippen LogP contribution in [0.5, 0.6) is 0 Å². The first kappa shape index (κ1) is 15.5. The molecule has 2 aromatic heterocycles. The zero-order valence-corrected chi connectivity index (χ0v) is 13.5. The van der Waals surface area contributed by atoms with E-state index in [1.807, 2.05) is 20.8 Å². The van der Waals surface area contributed by atoms with E-state index >= 15 is 0 Å². The number of nitrogens with one attached hydrogen (secondary N) is 1. The van der Waals surface area contributed by atoms with E-state index < -0.39 is 0 Å². The molecule has 0 aliphatic heterocycles. The lowest BCUT2D eigenvalue weighted by molar-refractivity contribution is -0.115. The molecule has 21 heavy (non-hydrogen) atoms. The highest BCUT2D eigenvalue weighted by Crippen LogP contribution is 2.22. The van der Waals surface area contributed by atoms with E-state index in [9.17, 15) is 4.79 Å². The molecule has 0 bridgehead atoms. The van der Waals surface area contributed by atoms with Gasteiger partial charge in [0.2, 0.25) is 5.91 Å². The summed E-state index contributed by atoms with van der Waals surface area (Å²) >= 11 is 1.32. The summed E-state index contributed by atoms with van der Waals surface area (Å²) in [7, 11) is 0. The molecule has 0 saturated carbocycles. The predicted molar refractivity (Wildman–Crippen MR) is 81.4 cm³/mol. The van der Waals surface area contributed by atoms with E-state index in [1.54, 1.807) is 19.9 Å². The average Bonchev–Trinajstić information content (AvgIpc) is 2.81. The normalized spacial score (nSPS) is 12.2. The van der Waals surface area contributed by atoms with Crippen molar-refractivity contribution in [3.8, 4) is 0 Å². The van der Waals surface area contributed by atoms with E-state index in [4.69, 9.17) is 4.52 Å². The lowest BCUT2D eigenvalue weighted by Crippen LogP contribution is -2.23. The number of thioether (sulfide) groups is 1. The van der Waals surface area contributed by atoms with Crippen LogP contribution in [0.1, 0.15) is 29.6 Å². The van der Waals surface area contributed by atoms with E-state index in [1.165, 1.54) is 11.8 Å². The molecule has 0 saturated heterocycles. The van der Waals surface area contributed by atoms with Crippen LogP contribution < -0.4 is 5.32 Å². The van der Waals surface area contributed by atoms with Gasteiger partial charge in [-0.25, -0.2) is 9.97 Å². The Morgan fingerprint density at radius 2 is 1.86 bits per heavy atom. The Kier molecular flexibility index (Phi) is 4.62. The van der Waals surface area contributed by atoms with Crippen molar-refractivity contribution in [2.45, 2.75) is 45.0 Å². The lowest BCUT2D eigenvalue weighted by Gasteiger charge is -2.11. The van der Waals surface area contributed by atoms with Gasteiger partial charge in [0, 0.05) is 17.5 Å². The molecule has 0 radical (unpaired) electrons. The minimum Gasteiger partial charge on any atom is -0.360 e. The first-order valence-corrected chi connectivity index (χ1v) is 7.47. The number of aryl methyl sites for hydroxylation is 3. The zero-order chi connectivity index (χ0) is 15.6. The van der Waals surface area contributed by atoms with E-state index in [0.717, 1.165) is 17.0 Å². The molecule has 2 heterocycles. The van der Waals surface area contributed by atoms with Crippen LogP contribution in [-0.2, 0) is 4.79 Å². The lowest BCUT2D eigenvalue weighted by atomic mass is 10.2. The van der Waals surface area contributed by atoms with Crippen molar-refractivity contribution >= 4 is 23.5 Å². The van der Waals surface area contributed by atoms with Crippen molar-refractivity contribution in [3.63, 3.8) is 0 Å². The summed E-state index contributed by atoms with van der Waals surface area (Å²) in [6.45, 7) is 9.45. The maximum Gasteiger partial charge on any atom is 0.238 e. The molecule has 6 nitrogen and oxygen atoms in total. The summed E-state index contributed by atoms with van der Waals surface area (Å²) in [6, 6.07) is 1.67. The van der Waals surface area contributed by atoms with Crippen molar-refractivity contribution in [2.75, 3.05) is 5.32 Å². The fourth-order valence-electron chi connectivity index (χ4n) is 1.66. The second-order valence-electron chi connectivity index (χ2n) is 4.87. The van der Waals surface area contributed by atoms with Crippen LogP contribution in [0.3, 0.4) is 0 Å². The van der Waals surface area contributed by atoms with Crippen LogP contribution in [0.15, 0.2) is 15.7 Å². The van der Waals surface area contributed by atoms with Crippen LogP contribution >= 0.6 is 11.8 Å². The molecule has 0 unspecified atom stereocenters. The molecule has 0 aromatic carbocycles. The molecule has 2 rings (SSSR count). The van der Waals surface area contributed by atoms with Crippen LogP contribution in [0.2, 0.25) is 0 Å². The minimum absolute atomic E-state index is 0.159. The Hall–Kier alpha value is -1.89. The van der Waals surface area contributed by atoms with E-state index in [-0.39, 0.29) is 11.2 Å².